The Hall–Kier alpha value is 1.00. The van der Waals surface area contributed by atoms with Gasteiger partial charge in [-0.3, -0.25) is 0 Å². The van der Waals surface area contributed by atoms with Crippen molar-refractivity contribution in [3.8, 4) is 0 Å². The normalized spacial score (nSPS) is 17.4. The van der Waals surface area contributed by atoms with Gasteiger partial charge in [-0.2, -0.15) is 30.7 Å². The molecule has 20 heavy (non-hydrogen) atoms. The molecule has 0 aliphatic rings. The second-order valence-electron chi connectivity index (χ2n) is 5.33. The van der Waals surface area contributed by atoms with E-state index in [4.69, 9.17) is 5.11 Å². The van der Waals surface area contributed by atoms with Crippen LogP contribution >= 0.6 is 0 Å². The van der Waals surface area contributed by atoms with E-state index < -0.39 is 42.1 Å². The molecule has 0 rings (SSSR count). The van der Waals surface area contributed by atoms with Crippen LogP contribution in [0.5, 0.6) is 0 Å². The number of rotatable bonds is 4. The minimum atomic E-state index is -6.50. The fourth-order valence-corrected chi connectivity index (χ4v) is 1.11. The van der Waals surface area contributed by atoms with Gasteiger partial charge in [0.15, 0.2) is 0 Å². The number of hydrogen-bond acceptors (Lipinski definition) is 2. The van der Waals surface area contributed by atoms with E-state index in [-0.39, 0.29) is 51.7 Å². The second kappa shape index (κ2) is 7.05. The van der Waals surface area contributed by atoms with Crippen molar-refractivity contribution in [3.63, 3.8) is 0 Å². The van der Waals surface area contributed by atoms with E-state index in [1.54, 1.807) is 0 Å². The molecule has 0 aromatic rings. The Bertz CT molecular complexity index is 321. The third kappa shape index (κ3) is 5.03. The molecule has 0 aliphatic heterocycles. The SMILES string of the molecule is CC(C)(C)C(O)CC(O)C(F)(F)C(F)(F)C(F)(F)F.[Ba+2].[H-].[H-]. The van der Waals surface area contributed by atoms with Crippen LogP contribution in [0.1, 0.15) is 30.0 Å². The number of alkyl halides is 7. The van der Waals surface area contributed by atoms with E-state index in [1.165, 1.54) is 20.8 Å². The summed E-state index contributed by atoms with van der Waals surface area (Å²) in [6, 6.07) is 0. The van der Waals surface area contributed by atoms with Crippen LogP contribution in [0.4, 0.5) is 30.7 Å². The van der Waals surface area contributed by atoms with Crippen molar-refractivity contribution >= 4 is 48.9 Å². The van der Waals surface area contributed by atoms with Crippen LogP contribution in [0, 0.1) is 5.41 Å². The minimum Gasteiger partial charge on any atom is -1.00 e. The monoisotopic (exact) mass is 440 g/mol. The molecule has 0 saturated heterocycles. The van der Waals surface area contributed by atoms with E-state index in [9.17, 15) is 35.8 Å². The first-order chi connectivity index (χ1) is 8.05. The predicted octanol–water partition coefficient (Wildman–Crippen LogP) is 2.82. The molecule has 0 heterocycles. The van der Waals surface area contributed by atoms with Gasteiger partial charge in [0.2, 0.25) is 0 Å². The number of aliphatic hydroxyl groups excluding tert-OH is 2. The van der Waals surface area contributed by atoms with Crippen LogP contribution in [-0.4, -0.2) is 89.3 Å². The summed E-state index contributed by atoms with van der Waals surface area (Å²) in [5, 5.41) is 18.3. The Kier molecular flexibility index (Phi) is 8.20. The molecular weight excluding hydrogens is 422 g/mol. The smallest absolute Gasteiger partial charge is 1.00 e. The number of halogens is 7. The first-order valence-electron chi connectivity index (χ1n) is 5.23. The molecule has 0 fully saturated rings. The van der Waals surface area contributed by atoms with E-state index in [2.05, 4.69) is 0 Å². The number of hydrogen-bond donors (Lipinski definition) is 2. The molecule has 0 bridgehead atoms. The van der Waals surface area contributed by atoms with E-state index in [0.717, 1.165) is 0 Å². The predicted molar refractivity (Wildman–Crippen MR) is 60.0 cm³/mol. The molecule has 2 N–H and O–H groups in total. The summed E-state index contributed by atoms with van der Waals surface area (Å²) in [7, 11) is 0. The Morgan fingerprint density at radius 2 is 1.20 bits per heavy atom. The summed E-state index contributed by atoms with van der Waals surface area (Å²) >= 11 is 0. The number of aliphatic hydroxyl groups is 2. The maximum Gasteiger partial charge on any atom is 2.00 e. The average molecular weight is 440 g/mol. The van der Waals surface area contributed by atoms with Gasteiger partial charge in [-0.25, -0.2) is 0 Å². The van der Waals surface area contributed by atoms with Gasteiger partial charge in [-0.05, 0) is 5.41 Å². The van der Waals surface area contributed by atoms with Gasteiger partial charge in [0, 0.05) is 6.42 Å². The third-order valence-corrected chi connectivity index (χ3v) is 2.64. The van der Waals surface area contributed by atoms with Crippen LogP contribution < -0.4 is 0 Å². The molecular formula is C10H17BaF7O2. The van der Waals surface area contributed by atoms with Crippen molar-refractivity contribution in [2.24, 2.45) is 5.41 Å². The minimum absolute atomic E-state index is 0. The summed E-state index contributed by atoms with van der Waals surface area (Å²) in [5.41, 5.74) is -1.05. The second-order valence-corrected chi connectivity index (χ2v) is 5.33. The van der Waals surface area contributed by atoms with Crippen LogP contribution in [0.15, 0.2) is 0 Å². The van der Waals surface area contributed by atoms with Gasteiger partial charge < -0.3 is 13.1 Å². The van der Waals surface area contributed by atoms with Crippen molar-refractivity contribution in [1.82, 2.24) is 0 Å². The fourth-order valence-electron chi connectivity index (χ4n) is 1.11. The third-order valence-electron chi connectivity index (χ3n) is 2.64. The quantitative estimate of drug-likeness (QED) is 0.523. The average Bonchev–Trinajstić information content (AvgIpc) is 2.13. The maximum atomic E-state index is 13.0. The summed E-state index contributed by atoms with van der Waals surface area (Å²) in [6.07, 6.45) is -12.8. The standard InChI is InChI=1S/C10H15F7O2.Ba.2H/c1-7(2,3)5(18)4-6(19)8(11,12)9(13,14)10(15,16)17;;;/h5-6,18-19H,4H2,1-3H3;;;/q;+2;2*-1. The van der Waals surface area contributed by atoms with Crippen molar-refractivity contribution in [3.05, 3.63) is 0 Å². The van der Waals surface area contributed by atoms with Crippen LogP contribution in [0.3, 0.4) is 0 Å². The van der Waals surface area contributed by atoms with Gasteiger partial charge in [-0.1, -0.05) is 20.8 Å². The summed E-state index contributed by atoms with van der Waals surface area (Å²) < 4.78 is 86.8. The molecule has 120 valence electrons. The topological polar surface area (TPSA) is 40.5 Å². The molecule has 0 aliphatic carbocycles. The fraction of sp³-hybridized carbons (Fsp3) is 1.00. The Morgan fingerprint density at radius 1 is 0.850 bits per heavy atom. The van der Waals surface area contributed by atoms with Crippen LogP contribution in [0.25, 0.3) is 0 Å². The molecule has 0 amide bonds. The first-order valence-corrected chi connectivity index (χ1v) is 5.23. The molecule has 0 aromatic heterocycles. The van der Waals surface area contributed by atoms with E-state index in [0.29, 0.717) is 0 Å². The molecule has 10 heteroatoms. The zero-order chi connectivity index (χ0) is 15.9. The maximum absolute atomic E-state index is 13.0. The largest absolute Gasteiger partial charge is 2.00 e. The molecule has 2 nitrogen and oxygen atoms in total. The zero-order valence-corrected chi connectivity index (χ0v) is 15.5. The van der Waals surface area contributed by atoms with Gasteiger partial charge in [-0.15, -0.1) is 0 Å². The van der Waals surface area contributed by atoms with Crippen LogP contribution in [-0.2, 0) is 0 Å². The molecule has 0 radical (unpaired) electrons. The molecule has 2 atom stereocenters. The zero-order valence-electron chi connectivity index (χ0n) is 13.1. The summed E-state index contributed by atoms with van der Waals surface area (Å²) in [5.74, 6) is -12.1. The molecule has 0 saturated carbocycles. The Labute approximate surface area is 154 Å². The molecule has 0 aromatic carbocycles. The molecule has 0 spiro atoms. The van der Waals surface area contributed by atoms with E-state index in [1.807, 2.05) is 0 Å². The van der Waals surface area contributed by atoms with Gasteiger partial charge in [0.1, 0.15) is 6.10 Å². The van der Waals surface area contributed by atoms with Crippen LogP contribution in [0.2, 0.25) is 0 Å². The van der Waals surface area contributed by atoms with Gasteiger partial charge in [0.05, 0.1) is 6.10 Å². The van der Waals surface area contributed by atoms with Gasteiger partial charge in [0.25, 0.3) is 0 Å². The Morgan fingerprint density at radius 3 is 1.45 bits per heavy atom. The molecule has 2 unspecified atom stereocenters. The summed E-state index contributed by atoms with van der Waals surface area (Å²) in [6.45, 7) is 4.05. The van der Waals surface area contributed by atoms with Crippen molar-refractivity contribution in [1.29, 1.82) is 0 Å². The van der Waals surface area contributed by atoms with Crippen molar-refractivity contribution in [2.45, 2.75) is 57.4 Å². The van der Waals surface area contributed by atoms with Gasteiger partial charge >= 0.3 is 66.9 Å². The van der Waals surface area contributed by atoms with E-state index >= 15 is 0 Å². The summed E-state index contributed by atoms with van der Waals surface area (Å²) in [4.78, 5) is 0. The van der Waals surface area contributed by atoms with Crippen molar-refractivity contribution in [2.75, 3.05) is 0 Å². The Balaban J connectivity index is -0.000000540. The van der Waals surface area contributed by atoms with Crippen molar-refractivity contribution < 1.29 is 43.8 Å². The first kappa shape index (κ1) is 23.3.